The summed E-state index contributed by atoms with van der Waals surface area (Å²) in [5.41, 5.74) is 0. The van der Waals surface area contributed by atoms with Crippen LogP contribution in [-0.2, 0) is 0 Å². The van der Waals surface area contributed by atoms with Crippen molar-refractivity contribution in [3.05, 3.63) is 0 Å². The summed E-state index contributed by atoms with van der Waals surface area (Å²) in [6.45, 7) is 9.71. The Morgan fingerprint density at radius 2 is 1.62 bits per heavy atom. The molecule has 0 heterocycles. The molecule has 0 aliphatic heterocycles. The third-order valence-electron chi connectivity index (χ3n) is 4.49. The maximum Gasteiger partial charge on any atom is -0.0327 e. The summed E-state index contributed by atoms with van der Waals surface area (Å²) in [6.07, 6.45) is 4.59. The molecular formula is C13H24. The highest BCUT2D eigenvalue weighted by Crippen LogP contribution is 2.56. The fraction of sp³-hybridized carbons (Fsp3) is 1.00. The molecule has 0 nitrogen and oxygen atoms in total. The lowest BCUT2D eigenvalue weighted by molar-refractivity contribution is 0.212. The highest BCUT2D eigenvalue weighted by molar-refractivity contribution is 4.97. The Balaban J connectivity index is 1.96. The first-order valence-electron chi connectivity index (χ1n) is 6.11. The Bertz CT molecular complexity index is 178. The predicted molar refractivity (Wildman–Crippen MR) is 57.5 cm³/mol. The van der Waals surface area contributed by atoms with Crippen molar-refractivity contribution in [2.24, 2.45) is 35.5 Å². The fourth-order valence-electron chi connectivity index (χ4n) is 2.98. The van der Waals surface area contributed by atoms with E-state index in [-0.39, 0.29) is 0 Å². The summed E-state index contributed by atoms with van der Waals surface area (Å²) in [6, 6.07) is 0. The highest BCUT2D eigenvalue weighted by Gasteiger charge is 2.48. The van der Waals surface area contributed by atoms with E-state index in [1.807, 2.05) is 0 Å². The monoisotopic (exact) mass is 180 g/mol. The van der Waals surface area contributed by atoms with Crippen molar-refractivity contribution in [2.45, 2.75) is 47.0 Å². The van der Waals surface area contributed by atoms with Gasteiger partial charge in [-0.05, 0) is 54.8 Å². The van der Waals surface area contributed by atoms with Gasteiger partial charge in [-0.2, -0.15) is 0 Å². The molecule has 2 rings (SSSR count). The number of rotatable bonds is 4. The molecule has 0 bridgehead atoms. The van der Waals surface area contributed by atoms with E-state index < -0.39 is 0 Å². The molecule has 13 heavy (non-hydrogen) atoms. The lowest BCUT2D eigenvalue weighted by Gasteiger charge is -2.27. The molecule has 2 fully saturated rings. The van der Waals surface area contributed by atoms with E-state index in [4.69, 9.17) is 0 Å². The van der Waals surface area contributed by atoms with Gasteiger partial charge in [-0.25, -0.2) is 0 Å². The van der Waals surface area contributed by atoms with Crippen molar-refractivity contribution in [3.8, 4) is 0 Å². The van der Waals surface area contributed by atoms with E-state index in [2.05, 4.69) is 27.7 Å². The fourth-order valence-corrected chi connectivity index (χ4v) is 2.98. The number of hydrogen-bond donors (Lipinski definition) is 0. The van der Waals surface area contributed by atoms with Crippen molar-refractivity contribution in [2.75, 3.05) is 0 Å². The first kappa shape index (κ1) is 9.55. The van der Waals surface area contributed by atoms with Gasteiger partial charge in [0.2, 0.25) is 0 Å². The first-order valence-corrected chi connectivity index (χ1v) is 6.11. The van der Waals surface area contributed by atoms with Crippen LogP contribution in [0.2, 0.25) is 0 Å². The molecule has 2 aliphatic rings. The molecule has 0 amide bonds. The van der Waals surface area contributed by atoms with Crippen molar-refractivity contribution >= 4 is 0 Å². The van der Waals surface area contributed by atoms with Crippen LogP contribution in [0.25, 0.3) is 0 Å². The molecule has 0 radical (unpaired) electrons. The zero-order chi connectivity index (χ0) is 9.59. The molecule has 0 aromatic heterocycles. The Labute approximate surface area is 83.1 Å². The standard InChI is InChI=1S/C13H24/c1-8(2)10(4)13(11-5-6-11)12-7-9(12)3/h8-13H,5-7H2,1-4H3. The smallest absolute Gasteiger partial charge is 0.0327 e. The van der Waals surface area contributed by atoms with Gasteiger partial charge in [-0.3, -0.25) is 0 Å². The Morgan fingerprint density at radius 1 is 1.08 bits per heavy atom. The van der Waals surface area contributed by atoms with Crippen LogP contribution >= 0.6 is 0 Å². The highest BCUT2D eigenvalue weighted by atomic mass is 14.5. The van der Waals surface area contributed by atoms with Crippen LogP contribution in [0.3, 0.4) is 0 Å². The van der Waals surface area contributed by atoms with E-state index in [9.17, 15) is 0 Å². The summed E-state index contributed by atoms with van der Waals surface area (Å²) in [5, 5.41) is 0. The average Bonchev–Trinajstić information content (AvgIpc) is 2.90. The summed E-state index contributed by atoms with van der Waals surface area (Å²) in [7, 11) is 0. The van der Waals surface area contributed by atoms with Crippen molar-refractivity contribution < 1.29 is 0 Å². The molecule has 2 aliphatic carbocycles. The molecule has 0 heteroatoms. The SMILES string of the molecule is CC(C)C(C)C(C1CC1)C1CC1C. The second-order valence-corrected chi connectivity index (χ2v) is 5.89. The van der Waals surface area contributed by atoms with Gasteiger partial charge < -0.3 is 0 Å². The van der Waals surface area contributed by atoms with E-state index in [0.29, 0.717) is 0 Å². The van der Waals surface area contributed by atoms with Gasteiger partial charge in [0.05, 0.1) is 0 Å². The third kappa shape index (κ3) is 1.92. The van der Waals surface area contributed by atoms with Gasteiger partial charge in [0.15, 0.2) is 0 Å². The third-order valence-corrected chi connectivity index (χ3v) is 4.49. The molecule has 4 unspecified atom stereocenters. The largest absolute Gasteiger partial charge is 0.0625 e. The van der Waals surface area contributed by atoms with Gasteiger partial charge in [0, 0.05) is 0 Å². The topological polar surface area (TPSA) is 0 Å². The van der Waals surface area contributed by atoms with E-state index >= 15 is 0 Å². The lowest BCUT2D eigenvalue weighted by atomic mass is 9.78. The van der Waals surface area contributed by atoms with Crippen molar-refractivity contribution in [3.63, 3.8) is 0 Å². The van der Waals surface area contributed by atoms with Crippen LogP contribution in [0.5, 0.6) is 0 Å². The quantitative estimate of drug-likeness (QED) is 0.614. The lowest BCUT2D eigenvalue weighted by Crippen LogP contribution is -2.21. The summed E-state index contributed by atoms with van der Waals surface area (Å²) < 4.78 is 0. The molecule has 0 saturated heterocycles. The molecular weight excluding hydrogens is 156 g/mol. The summed E-state index contributed by atoms with van der Waals surface area (Å²) >= 11 is 0. The molecule has 0 N–H and O–H groups in total. The van der Waals surface area contributed by atoms with Crippen LogP contribution < -0.4 is 0 Å². The van der Waals surface area contributed by atoms with Crippen LogP contribution in [0.4, 0.5) is 0 Å². The van der Waals surface area contributed by atoms with Crippen LogP contribution in [-0.4, -0.2) is 0 Å². The van der Waals surface area contributed by atoms with Gasteiger partial charge in [-0.1, -0.05) is 27.7 Å². The van der Waals surface area contributed by atoms with Crippen LogP contribution in [0, 0.1) is 35.5 Å². The molecule has 4 atom stereocenters. The molecule has 0 spiro atoms. The minimum Gasteiger partial charge on any atom is -0.0625 e. The second-order valence-electron chi connectivity index (χ2n) is 5.89. The zero-order valence-electron chi connectivity index (χ0n) is 9.59. The summed E-state index contributed by atoms with van der Waals surface area (Å²) in [4.78, 5) is 0. The van der Waals surface area contributed by atoms with Crippen LogP contribution in [0.15, 0.2) is 0 Å². The Morgan fingerprint density at radius 3 is 1.92 bits per heavy atom. The maximum absolute atomic E-state index is 2.48. The van der Waals surface area contributed by atoms with Gasteiger partial charge >= 0.3 is 0 Å². The Kier molecular flexibility index (Phi) is 2.42. The number of hydrogen-bond acceptors (Lipinski definition) is 0. The molecule has 0 aromatic carbocycles. The van der Waals surface area contributed by atoms with Crippen molar-refractivity contribution in [1.29, 1.82) is 0 Å². The van der Waals surface area contributed by atoms with E-state index in [1.54, 1.807) is 0 Å². The zero-order valence-corrected chi connectivity index (χ0v) is 9.59. The maximum atomic E-state index is 2.48. The minimum atomic E-state index is 0.887. The minimum absolute atomic E-state index is 0.887. The average molecular weight is 180 g/mol. The second kappa shape index (κ2) is 3.29. The molecule has 2 saturated carbocycles. The summed E-state index contributed by atoms with van der Waals surface area (Å²) in [5.74, 6) is 6.19. The van der Waals surface area contributed by atoms with Crippen LogP contribution in [0.1, 0.15) is 47.0 Å². The predicted octanol–water partition coefficient (Wildman–Crippen LogP) is 3.96. The molecule has 0 aromatic rings. The normalized spacial score (nSPS) is 37.6. The van der Waals surface area contributed by atoms with Crippen molar-refractivity contribution in [1.82, 2.24) is 0 Å². The molecule has 76 valence electrons. The van der Waals surface area contributed by atoms with E-state index in [1.165, 1.54) is 19.3 Å². The Hall–Kier alpha value is 0. The van der Waals surface area contributed by atoms with Gasteiger partial charge in [-0.15, -0.1) is 0 Å². The van der Waals surface area contributed by atoms with Gasteiger partial charge in [0.1, 0.15) is 0 Å². The first-order chi connectivity index (χ1) is 6.11. The van der Waals surface area contributed by atoms with Gasteiger partial charge in [0.25, 0.3) is 0 Å². The van der Waals surface area contributed by atoms with E-state index in [0.717, 1.165) is 35.5 Å².